The van der Waals surface area contributed by atoms with E-state index < -0.39 is 9.84 Å². The molecule has 0 bridgehead atoms. The van der Waals surface area contributed by atoms with Crippen LogP contribution in [0.5, 0.6) is 0 Å². The summed E-state index contributed by atoms with van der Waals surface area (Å²) in [5.74, 6) is 1.97. The van der Waals surface area contributed by atoms with Crippen molar-refractivity contribution in [3.63, 3.8) is 0 Å². The van der Waals surface area contributed by atoms with E-state index in [0.717, 1.165) is 24.2 Å². The molecule has 0 atom stereocenters. The van der Waals surface area contributed by atoms with Gasteiger partial charge in [0, 0.05) is 24.5 Å². The first-order valence-corrected chi connectivity index (χ1v) is 10.8. The van der Waals surface area contributed by atoms with Crippen LogP contribution in [0.3, 0.4) is 0 Å². The Morgan fingerprint density at radius 2 is 1.96 bits per heavy atom. The van der Waals surface area contributed by atoms with E-state index in [9.17, 15) is 8.42 Å². The van der Waals surface area contributed by atoms with Crippen LogP contribution in [0.15, 0.2) is 53.8 Å². The fraction of sp³-hybridized carbons (Fsp3) is 0.211. The SMILES string of the molecule is CCS(=O)(=O)c1ccc2c(c1)N(c1cc(Nc3ccc(Cl)cn3)ncn1)CC2. The molecule has 144 valence electrons. The highest BCUT2D eigenvalue weighted by atomic mass is 35.5. The minimum atomic E-state index is -3.27. The van der Waals surface area contributed by atoms with Crippen LogP contribution in [0.4, 0.5) is 23.1 Å². The number of anilines is 4. The second-order valence-corrected chi connectivity index (χ2v) is 9.06. The highest BCUT2D eigenvalue weighted by Gasteiger charge is 2.24. The van der Waals surface area contributed by atoms with Crippen LogP contribution < -0.4 is 10.2 Å². The number of sulfone groups is 1. The molecular weight excluding hydrogens is 398 g/mol. The first kappa shape index (κ1) is 18.6. The van der Waals surface area contributed by atoms with Crippen molar-refractivity contribution in [3.05, 3.63) is 59.5 Å². The average molecular weight is 416 g/mol. The molecule has 9 heteroatoms. The minimum absolute atomic E-state index is 0.0709. The van der Waals surface area contributed by atoms with Crippen molar-refractivity contribution in [1.29, 1.82) is 0 Å². The van der Waals surface area contributed by atoms with E-state index in [-0.39, 0.29) is 5.75 Å². The van der Waals surface area contributed by atoms with Gasteiger partial charge in [-0.15, -0.1) is 0 Å². The summed E-state index contributed by atoms with van der Waals surface area (Å²) < 4.78 is 24.5. The third-order valence-corrected chi connectivity index (χ3v) is 6.56. The molecule has 0 unspecified atom stereocenters. The van der Waals surface area contributed by atoms with Crippen LogP contribution in [0.1, 0.15) is 12.5 Å². The van der Waals surface area contributed by atoms with E-state index in [0.29, 0.717) is 27.4 Å². The number of rotatable bonds is 5. The van der Waals surface area contributed by atoms with Gasteiger partial charge in [-0.25, -0.2) is 23.4 Å². The zero-order valence-electron chi connectivity index (χ0n) is 15.1. The lowest BCUT2D eigenvalue weighted by molar-refractivity contribution is 0.597. The van der Waals surface area contributed by atoms with Crippen LogP contribution in [-0.2, 0) is 16.3 Å². The fourth-order valence-electron chi connectivity index (χ4n) is 3.10. The number of hydrogen-bond acceptors (Lipinski definition) is 7. The summed E-state index contributed by atoms with van der Waals surface area (Å²) in [5.41, 5.74) is 1.96. The van der Waals surface area contributed by atoms with E-state index in [4.69, 9.17) is 11.6 Å². The maximum atomic E-state index is 12.3. The van der Waals surface area contributed by atoms with Crippen molar-refractivity contribution in [2.75, 3.05) is 22.5 Å². The largest absolute Gasteiger partial charge is 0.326 e. The topological polar surface area (TPSA) is 88.1 Å². The van der Waals surface area contributed by atoms with E-state index in [1.54, 1.807) is 37.4 Å². The lowest BCUT2D eigenvalue weighted by Gasteiger charge is -2.19. The predicted molar refractivity (Wildman–Crippen MR) is 109 cm³/mol. The van der Waals surface area contributed by atoms with Gasteiger partial charge in [-0.2, -0.15) is 0 Å². The van der Waals surface area contributed by atoms with Gasteiger partial charge in [-0.1, -0.05) is 24.6 Å². The molecule has 0 saturated carbocycles. The van der Waals surface area contributed by atoms with Crippen LogP contribution in [0, 0.1) is 0 Å². The first-order valence-electron chi connectivity index (χ1n) is 8.80. The Labute approximate surface area is 168 Å². The number of hydrogen-bond donors (Lipinski definition) is 1. The fourth-order valence-corrected chi connectivity index (χ4v) is 4.11. The lowest BCUT2D eigenvalue weighted by Crippen LogP contribution is -2.15. The Bertz CT molecular complexity index is 1120. The Balaban J connectivity index is 1.65. The zero-order valence-corrected chi connectivity index (χ0v) is 16.7. The molecule has 0 spiro atoms. The summed E-state index contributed by atoms with van der Waals surface area (Å²) in [5, 5.41) is 3.68. The van der Waals surface area contributed by atoms with Gasteiger partial charge in [0.2, 0.25) is 0 Å². The lowest BCUT2D eigenvalue weighted by atomic mass is 10.2. The summed E-state index contributed by atoms with van der Waals surface area (Å²) in [4.78, 5) is 15.1. The van der Waals surface area contributed by atoms with E-state index in [2.05, 4.69) is 20.3 Å². The molecule has 4 rings (SSSR count). The molecule has 28 heavy (non-hydrogen) atoms. The van der Waals surface area contributed by atoms with Gasteiger partial charge in [0.25, 0.3) is 0 Å². The number of nitrogens with zero attached hydrogens (tertiary/aromatic N) is 4. The Hall–Kier alpha value is -2.71. The monoisotopic (exact) mass is 415 g/mol. The van der Waals surface area contributed by atoms with Crippen molar-refractivity contribution in [2.45, 2.75) is 18.2 Å². The van der Waals surface area contributed by atoms with E-state index in [1.807, 2.05) is 17.0 Å². The third-order valence-electron chi connectivity index (χ3n) is 4.60. The molecule has 1 aliphatic heterocycles. The van der Waals surface area contributed by atoms with Gasteiger partial charge < -0.3 is 10.2 Å². The van der Waals surface area contributed by atoms with Gasteiger partial charge >= 0.3 is 0 Å². The van der Waals surface area contributed by atoms with Gasteiger partial charge in [0.15, 0.2) is 9.84 Å². The molecule has 2 aromatic heterocycles. The third kappa shape index (κ3) is 3.65. The summed E-state index contributed by atoms with van der Waals surface area (Å²) in [7, 11) is -3.27. The molecule has 1 aromatic carbocycles. The van der Waals surface area contributed by atoms with Crippen molar-refractivity contribution in [2.24, 2.45) is 0 Å². The standard InChI is InChI=1S/C19H18ClN5O2S/c1-2-28(26,27)15-5-3-13-7-8-25(16(13)9-15)19-10-18(22-12-23-19)24-17-6-4-14(20)11-21-17/h3-6,9-12H,2,7-8H2,1H3,(H,21,22,23,24). The maximum absolute atomic E-state index is 12.3. The van der Waals surface area contributed by atoms with Gasteiger partial charge in [-0.3, -0.25) is 0 Å². The predicted octanol–water partition coefficient (Wildman–Crippen LogP) is 3.76. The second-order valence-electron chi connectivity index (χ2n) is 6.34. The van der Waals surface area contributed by atoms with Crippen molar-refractivity contribution >= 4 is 44.6 Å². The number of aromatic nitrogens is 3. The average Bonchev–Trinajstić information content (AvgIpc) is 3.13. The number of nitrogens with one attached hydrogen (secondary N) is 1. The number of benzene rings is 1. The summed E-state index contributed by atoms with van der Waals surface area (Å²) in [6, 6.07) is 10.6. The van der Waals surface area contributed by atoms with E-state index in [1.165, 1.54) is 6.33 Å². The summed E-state index contributed by atoms with van der Waals surface area (Å²) in [6.45, 7) is 2.37. The van der Waals surface area contributed by atoms with Crippen molar-refractivity contribution < 1.29 is 8.42 Å². The molecule has 0 amide bonds. The smallest absolute Gasteiger partial charge is 0.178 e. The molecule has 1 N–H and O–H groups in total. The Morgan fingerprint density at radius 1 is 1.11 bits per heavy atom. The molecule has 0 fully saturated rings. The normalized spacial score (nSPS) is 13.4. The maximum Gasteiger partial charge on any atom is 0.178 e. The Morgan fingerprint density at radius 3 is 2.71 bits per heavy atom. The van der Waals surface area contributed by atoms with E-state index >= 15 is 0 Å². The van der Waals surface area contributed by atoms with Gasteiger partial charge in [0.1, 0.15) is 23.8 Å². The number of pyridine rings is 1. The summed E-state index contributed by atoms with van der Waals surface area (Å²) >= 11 is 5.86. The quantitative estimate of drug-likeness (QED) is 0.678. The molecule has 0 saturated heterocycles. The number of halogens is 1. The Kier molecular flexibility index (Phi) is 4.91. The molecule has 0 radical (unpaired) electrons. The first-order chi connectivity index (χ1) is 13.5. The zero-order chi connectivity index (χ0) is 19.7. The molecule has 7 nitrogen and oxygen atoms in total. The van der Waals surface area contributed by atoms with Gasteiger partial charge in [-0.05, 0) is 36.2 Å². The summed E-state index contributed by atoms with van der Waals surface area (Å²) in [6.07, 6.45) is 3.85. The highest BCUT2D eigenvalue weighted by Crippen LogP contribution is 2.36. The van der Waals surface area contributed by atoms with Crippen LogP contribution in [-0.4, -0.2) is 35.7 Å². The molecule has 3 heterocycles. The van der Waals surface area contributed by atoms with Crippen molar-refractivity contribution in [3.8, 4) is 0 Å². The van der Waals surface area contributed by atoms with Crippen LogP contribution in [0.2, 0.25) is 5.02 Å². The van der Waals surface area contributed by atoms with Crippen LogP contribution >= 0.6 is 11.6 Å². The van der Waals surface area contributed by atoms with Crippen molar-refractivity contribution in [1.82, 2.24) is 15.0 Å². The minimum Gasteiger partial charge on any atom is -0.326 e. The molecule has 1 aliphatic rings. The second kappa shape index (κ2) is 7.37. The molecule has 3 aromatic rings. The number of fused-ring (bicyclic) bond motifs is 1. The molecule has 0 aliphatic carbocycles. The molecular formula is C19H18ClN5O2S. The van der Waals surface area contributed by atoms with Gasteiger partial charge in [0.05, 0.1) is 15.7 Å². The highest BCUT2D eigenvalue weighted by molar-refractivity contribution is 7.91. The van der Waals surface area contributed by atoms with Crippen LogP contribution in [0.25, 0.3) is 0 Å².